The Morgan fingerprint density at radius 3 is 2.83 bits per heavy atom. The monoisotopic (exact) mass is 317 g/mol. The zero-order chi connectivity index (χ0) is 16.2. The number of aliphatic hydroxyl groups is 1. The highest BCUT2D eigenvalue weighted by Crippen LogP contribution is 2.37. The maximum absolute atomic E-state index is 11.3. The number of nitrogens with zero attached hydrogens (tertiary/aromatic N) is 3. The van der Waals surface area contributed by atoms with Crippen LogP contribution in [-0.2, 0) is 0 Å². The van der Waals surface area contributed by atoms with E-state index < -0.39 is 0 Å². The second-order valence-corrected chi connectivity index (χ2v) is 5.49. The third kappa shape index (κ3) is 3.75. The van der Waals surface area contributed by atoms with Crippen LogP contribution in [0.3, 0.4) is 0 Å². The minimum absolute atomic E-state index is 0.0141. The number of nitrogen functional groups attached to an aromatic ring is 1. The highest BCUT2D eigenvalue weighted by Gasteiger charge is 2.31. The van der Waals surface area contributed by atoms with Gasteiger partial charge in [0.2, 0.25) is 5.95 Å². The SMILES string of the molecule is Nc1nc(NCCO)cc(NC2CC(c3cc(=O)[nH]cn3)C2)n1. The van der Waals surface area contributed by atoms with Crippen LogP contribution in [0.25, 0.3) is 0 Å². The third-order valence-electron chi connectivity index (χ3n) is 3.77. The third-order valence-corrected chi connectivity index (χ3v) is 3.77. The van der Waals surface area contributed by atoms with Crippen molar-refractivity contribution in [2.24, 2.45) is 0 Å². The maximum Gasteiger partial charge on any atom is 0.250 e. The molecule has 0 unspecified atom stereocenters. The van der Waals surface area contributed by atoms with Gasteiger partial charge in [0.15, 0.2) is 0 Å². The van der Waals surface area contributed by atoms with E-state index in [1.165, 1.54) is 6.33 Å². The Labute approximate surface area is 132 Å². The highest BCUT2D eigenvalue weighted by atomic mass is 16.3. The zero-order valence-corrected chi connectivity index (χ0v) is 12.5. The predicted octanol–water partition coefficient (Wildman–Crippen LogP) is -0.0956. The van der Waals surface area contributed by atoms with Gasteiger partial charge in [-0.15, -0.1) is 0 Å². The van der Waals surface area contributed by atoms with Gasteiger partial charge in [-0.1, -0.05) is 0 Å². The molecule has 0 bridgehead atoms. The van der Waals surface area contributed by atoms with Crippen LogP contribution in [0.15, 0.2) is 23.3 Å². The van der Waals surface area contributed by atoms with Crippen molar-refractivity contribution in [3.63, 3.8) is 0 Å². The molecule has 0 atom stereocenters. The summed E-state index contributed by atoms with van der Waals surface area (Å²) in [6.45, 7) is 0.413. The molecule has 9 heteroatoms. The van der Waals surface area contributed by atoms with Crippen LogP contribution in [-0.4, -0.2) is 44.2 Å². The summed E-state index contributed by atoms with van der Waals surface area (Å²) in [6.07, 6.45) is 3.18. The molecular weight excluding hydrogens is 298 g/mol. The average molecular weight is 317 g/mol. The molecule has 2 heterocycles. The lowest BCUT2D eigenvalue weighted by molar-refractivity contribution is 0.311. The van der Waals surface area contributed by atoms with E-state index in [-0.39, 0.29) is 30.1 Å². The number of H-pyrrole nitrogens is 1. The van der Waals surface area contributed by atoms with Crippen molar-refractivity contribution < 1.29 is 5.11 Å². The summed E-state index contributed by atoms with van der Waals surface area (Å²) in [5, 5.41) is 15.1. The van der Waals surface area contributed by atoms with Crippen molar-refractivity contribution in [3.8, 4) is 0 Å². The van der Waals surface area contributed by atoms with Gasteiger partial charge >= 0.3 is 0 Å². The van der Waals surface area contributed by atoms with Gasteiger partial charge in [-0.2, -0.15) is 9.97 Å². The minimum atomic E-state index is -0.130. The molecule has 0 saturated heterocycles. The molecule has 6 N–H and O–H groups in total. The number of rotatable bonds is 6. The second-order valence-electron chi connectivity index (χ2n) is 5.49. The maximum atomic E-state index is 11.3. The van der Waals surface area contributed by atoms with E-state index in [0.717, 1.165) is 18.5 Å². The van der Waals surface area contributed by atoms with Crippen LogP contribution < -0.4 is 21.9 Å². The molecule has 2 aromatic rings. The average Bonchev–Trinajstić information content (AvgIpc) is 2.48. The van der Waals surface area contributed by atoms with Gasteiger partial charge in [0.25, 0.3) is 5.56 Å². The van der Waals surface area contributed by atoms with Gasteiger partial charge in [-0.25, -0.2) is 4.98 Å². The van der Waals surface area contributed by atoms with Crippen molar-refractivity contribution in [2.75, 3.05) is 29.5 Å². The quantitative estimate of drug-likeness (QED) is 0.497. The number of nitrogens with one attached hydrogen (secondary N) is 3. The van der Waals surface area contributed by atoms with Gasteiger partial charge in [0, 0.05) is 30.6 Å². The van der Waals surface area contributed by atoms with Crippen LogP contribution >= 0.6 is 0 Å². The first-order valence-electron chi connectivity index (χ1n) is 7.44. The summed E-state index contributed by atoms with van der Waals surface area (Å²) in [7, 11) is 0. The molecule has 1 aliphatic rings. The van der Waals surface area contributed by atoms with E-state index in [4.69, 9.17) is 10.8 Å². The second kappa shape index (κ2) is 6.61. The molecule has 0 aromatic carbocycles. The number of hydrogen-bond donors (Lipinski definition) is 5. The molecule has 0 spiro atoms. The lowest BCUT2D eigenvalue weighted by Crippen LogP contribution is -2.35. The number of aliphatic hydroxyl groups excluding tert-OH is 1. The Bertz CT molecular complexity index is 727. The topological polar surface area (TPSA) is 142 Å². The first-order valence-corrected chi connectivity index (χ1v) is 7.44. The van der Waals surface area contributed by atoms with Crippen LogP contribution in [0.5, 0.6) is 0 Å². The summed E-state index contributed by atoms with van der Waals surface area (Å²) in [5.41, 5.74) is 6.38. The van der Waals surface area contributed by atoms with E-state index in [0.29, 0.717) is 18.2 Å². The summed E-state index contributed by atoms with van der Waals surface area (Å²) in [4.78, 5) is 26.2. The Morgan fingerprint density at radius 1 is 1.30 bits per heavy atom. The molecule has 3 rings (SSSR count). The first-order chi connectivity index (χ1) is 11.1. The van der Waals surface area contributed by atoms with Gasteiger partial charge in [0.1, 0.15) is 11.6 Å². The fourth-order valence-electron chi connectivity index (χ4n) is 2.61. The van der Waals surface area contributed by atoms with E-state index in [1.807, 2.05) is 0 Å². The van der Waals surface area contributed by atoms with E-state index in [9.17, 15) is 4.79 Å². The summed E-state index contributed by atoms with van der Waals surface area (Å²) < 4.78 is 0. The van der Waals surface area contributed by atoms with Crippen LogP contribution in [0.2, 0.25) is 0 Å². The molecule has 0 amide bonds. The Hall–Kier alpha value is -2.68. The number of nitrogens with two attached hydrogens (primary N) is 1. The molecule has 9 nitrogen and oxygen atoms in total. The van der Waals surface area contributed by atoms with Gasteiger partial charge < -0.3 is 26.5 Å². The number of aromatic nitrogens is 4. The fourth-order valence-corrected chi connectivity index (χ4v) is 2.61. The van der Waals surface area contributed by atoms with Crippen LogP contribution in [0.1, 0.15) is 24.5 Å². The Kier molecular flexibility index (Phi) is 4.38. The van der Waals surface area contributed by atoms with Crippen molar-refractivity contribution >= 4 is 17.6 Å². The predicted molar refractivity (Wildman–Crippen MR) is 86.3 cm³/mol. The smallest absolute Gasteiger partial charge is 0.250 e. The van der Waals surface area contributed by atoms with Crippen molar-refractivity contribution in [2.45, 2.75) is 24.8 Å². The highest BCUT2D eigenvalue weighted by molar-refractivity contribution is 5.51. The largest absolute Gasteiger partial charge is 0.395 e. The van der Waals surface area contributed by atoms with Gasteiger partial charge in [0.05, 0.1) is 18.6 Å². The molecule has 1 fully saturated rings. The molecule has 122 valence electrons. The van der Waals surface area contributed by atoms with Crippen molar-refractivity contribution in [1.29, 1.82) is 0 Å². The van der Waals surface area contributed by atoms with Crippen LogP contribution in [0, 0.1) is 0 Å². The number of hydrogen-bond acceptors (Lipinski definition) is 8. The van der Waals surface area contributed by atoms with Gasteiger partial charge in [-0.05, 0) is 12.8 Å². The molecule has 0 aliphatic heterocycles. The zero-order valence-electron chi connectivity index (χ0n) is 12.5. The molecular formula is C14H19N7O2. The molecule has 1 aliphatic carbocycles. The molecule has 0 radical (unpaired) electrons. The van der Waals surface area contributed by atoms with Crippen LogP contribution in [0.4, 0.5) is 17.6 Å². The standard InChI is InChI=1S/C14H19N7O2/c15-14-20-11(16-1-2-22)6-12(21-14)19-9-3-8(4-9)10-5-13(23)18-7-17-10/h5-9,22H,1-4H2,(H,17,18,23)(H4,15,16,19,20,21). The normalized spacial score (nSPS) is 19.9. The Balaban J connectivity index is 1.59. The first kappa shape index (κ1) is 15.2. The molecule has 23 heavy (non-hydrogen) atoms. The van der Waals surface area contributed by atoms with Crippen molar-refractivity contribution in [3.05, 3.63) is 34.5 Å². The fraction of sp³-hybridized carbons (Fsp3) is 0.429. The lowest BCUT2D eigenvalue weighted by atomic mass is 9.78. The van der Waals surface area contributed by atoms with E-state index in [1.54, 1.807) is 12.1 Å². The summed E-state index contributed by atoms with van der Waals surface area (Å²) in [5.74, 6) is 1.66. The van der Waals surface area contributed by atoms with E-state index >= 15 is 0 Å². The van der Waals surface area contributed by atoms with E-state index in [2.05, 4.69) is 30.6 Å². The summed E-state index contributed by atoms with van der Waals surface area (Å²) >= 11 is 0. The number of anilines is 3. The molecule has 2 aromatic heterocycles. The van der Waals surface area contributed by atoms with Crippen molar-refractivity contribution in [1.82, 2.24) is 19.9 Å². The lowest BCUT2D eigenvalue weighted by Gasteiger charge is -2.35. The number of aromatic amines is 1. The summed E-state index contributed by atoms with van der Waals surface area (Å²) in [6, 6.07) is 3.55. The Morgan fingerprint density at radius 2 is 2.09 bits per heavy atom. The minimum Gasteiger partial charge on any atom is -0.395 e. The molecule has 1 saturated carbocycles. The van der Waals surface area contributed by atoms with Gasteiger partial charge in [-0.3, -0.25) is 4.79 Å².